The smallest absolute Gasteiger partial charge is 0.384 e. The molecule has 0 amide bonds. The molecular formula is C16H25F3N2. The number of aromatic nitrogens is 1. The van der Waals surface area contributed by atoms with Gasteiger partial charge in [0, 0.05) is 6.54 Å². The Hall–Kier alpha value is -1.26. The van der Waals surface area contributed by atoms with Crippen LogP contribution in [0.3, 0.4) is 0 Å². The molecule has 0 saturated heterocycles. The lowest BCUT2D eigenvalue weighted by molar-refractivity contribution is -0.141. The first kappa shape index (κ1) is 17.8. The Bertz CT molecular complexity index is 374. The Morgan fingerprint density at radius 3 is 2.10 bits per heavy atom. The van der Waals surface area contributed by atoms with E-state index in [4.69, 9.17) is 0 Å². The third kappa shape index (κ3) is 7.93. The number of alkyl halides is 3. The van der Waals surface area contributed by atoms with Gasteiger partial charge in [0.1, 0.15) is 5.69 Å². The summed E-state index contributed by atoms with van der Waals surface area (Å²) in [6, 6.07) is 2.44. The second-order valence-corrected chi connectivity index (χ2v) is 5.33. The minimum atomic E-state index is -4.36. The first-order valence-corrected chi connectivity index (χ1v) is 7.81. The number of nitrogens with one attached hydrogen (secondary N) is 1. The summed E-state index contributed by atoms with van der Waals surface area (Å²) in [7, 11) is 0. The van der Waals surface area contributed by atoms with Crippen molar-refractivity contribution in [2.24, 2.45) is 0 Å². The molecule has 0 unspecified atom stereocenters. The summed E-state index contributed by atoms with van der Waals surface area (Å²) in [5.74, 6) is 0. The molecule has 0 aliphatic carbocycles. The Kier molecular flexibility index (Phi) is 8.16. The maximum absolute atomic E-state index is 12.3. The van der Waals surface area contributed by atoms with Gasteiger partial charge in [0.25, 0.3) is 0 Å². The zero-order valence-electron chi connectivity index (χ0n) is 12.7. The molecule has 0 radical (unpaired) electrons. The van der Waals surface area contributed by atoms with Crippen molar-refractivity contribution in [2.75, 3.05) is 11.9 Å². The first-order valence-electron chi connectivity index (χ1n) is 7.81. The number of unbranched alkanes of at least 4 members (excludes halogenated alkanes) is 7. The minimum Gasteiger partial charge on any atom is -0.384 e. The summed E-state index contributed by atoms with van der Waals surface area (Å²) in [6.45, 7) is 2.99. The van der Waals surface area contributed by atoms with Crippen LogP contribution in [0.4, 0.5) is 18.9 Å². The maximum atomic E-state index is 12.3. The van der Waals surface area contributed by atoms with Gasteiger partial charge in [0.2, 0.25) is 0 Å². The van der Waals surface area contributed by atoms with Crippen molar-refractivity contribution < 1.29 is 13.2 Å². The molecule has 2 nitrogen and oxygen atoms in total. The van der Waals surface area contributed by atoms with E-state index in [1.54, 1.807) is 0 Å². The fourth-order valence-electron chi connectivity index (χ4n) is 2.16. The van der Waals surface area contributed by atoms with E-state index in [1.807, 2.05) is 0 Å². The summed E-state index contributed by atoms with van der Waals surface area (Å²) >= 11 is 0. The SMILES string of the molecule is CCCCCCCCCCNc1ccc(C(F)(F)F)nc1. The second kappa shape index (κ2) is 9.64. The highest BCUT2D eigenvalue weighted by Crippen LogP contribution is 2.27. The molecule has 1 heterocycles. The van der Waals surface area contributed by atoms with Crippen molar-refractivity contribution in [3.8, 4) is 0 Å². The molecule has 0 bridgehead atoms. The van der Waals surface area contributed by atoms with E-state index in [9.17, 15) is 13.2 Å². The first-order chi connectivity index (χ1) is 10.0. The molecule has 1 rings (SSSR count). The molecule has 0 aliphatic heterocycles. The monoisotopic (exact) mass is 302 g/mol. The predicted octanol–water partition coefficient (Wildman–Crippen LogP) is 5.65. The predicted molar refractivity (Wildman–Crippen MR) is 80.3 cm³/mol. The zero-order chi connectivity index (χ0) is 15.6. The van der Waals surface area contributed by atoms with E-state index in [0.717, 1.165) is 25.5 Å². The van der Waals surface area contributed by atoms with Gasteiger partial charge >= 0.3 is 6.18 Å². The molecule has 0 aromatic carbocycles. The molecule has 5 heteroatoms. The van der Waals surface area contributed by atoms with Crippen LogP contribution in [0.2, 0.25) is 0 Å². The summed E-state index contributed by atoms with van der Waals surface area (Å²) < 4.78 is 37.0. The molecule has 0 aliphatic rings. The van der Waals surface area contributed by atoms with Gasteiger partial charge in [-0.3, -0.25) is 0 Å². The number of hydrogen-bond donors (Lipinski definition) is 1. The van der Waals surface area contributed by atoms with Gasteiger partial charge in [-0.05, 0) is 18.6 Å². The highest BCUT2D eigenvalue weighted by Gasteiger charge is 2.31. The molecule has 1 N–H and O–H groups in total. The molecule has 1 aromatic heterocycles. The maximum Gasteiger partial charge on any atom is 0.433 e. The molecule has 120 valence electrons. The van der Waals surface area contributed by atoms with E-state index >= 15 is 0 Å². The Morgan fingerprint density at radius 2 is 1.57 bits per heavy atom. The molecule has 21 heavy (non-hydrogen) atoms. The van der Waals surface area contributed by atoms with Gasteiger partial charge in [0.05, 0.1) is 11.9 Å². The fraction of sp³-hybridized carbons (Fsp3) is 0.688. The van der Waals surface area contributed by atoms with Crippen LogP contribution in [0, 0.1) is 0 Å². The van der Waals surface area contributed by atoms with Gasteiger partial charge in [-0.15, -0.1) is 0 Å². The van der Waals surface area contributed by atoms with Crippen LogP contribution in [0.15, 0.2) is 18.3 Å². The highest BCUT2D eigenvalue weighted by molar-refractivity contribution is 5.41. The van der Waals surface area contributed by atoms with Gasteiger partial charge < -0.3 is 5.32 Å². The average molecular weight is 302 g/mol. The normalized spacial score (nSPS) is 11.6. The number of anilines is 1. The number of pyridine rings is 1. The number of rotatable bonds is 10. The molecule has 0 saturated carbocycles. The number of nitrogens with zero attached hydrogens (tertiary/aromatic N) is 1. The Balaban J connectivity index is 2.08. The Morgan fingerprint density at radius 1 is 0.952 bits per heavy atom. The number of hydrogen-bond acceptors (Lipinski definition) is 2. The van der Waals surface area contributed by atoms with E-state index < -0.39 is 11.9 Å². The topological polar surface area (TPSA) is 24.9 Å². The highest BCUT2D eigenvalue weighted by atomic mass is 19.4. The van der Waals surface area contributed by atoms with Gasteiger partial charge in [0.15, 0.2) is 0 Å². The summed E-state index contributed by atoms with van der Waals surface area (Å²) in [5.41, 5.74) is -0.203. The van der Waals surface area contributed by atoms with Crippen LogP contribution in [0.5, 0.6) is 0 Å². The summed E-state index contributed by atoms with van der Waals surface area (Å²) in [6.07, 6.45) is 6.81. The van der Waals surface area contributed by atoms with Gasteiger partial charge in [-0.25, -0.2) is 4.98 Å². The lowest BCUT2D eigenvalue weighted by Gasteiger charge is -2.08. The number of halogens is 3. The second-order valence-electron chi connectivity index (χ2n) is 5.33. The van der Waals surface area contributed by atoms with E-state index in [-0.39, 0.29) is 0 Å². The van der Waals surface area contributed by atoms with Crippen LogP contribution in [-0.4, -0.2) is 11.5 Å². The van der Waals surface area contributed by atoms with Gasteiger partial charge in [-0.1, -0.05) is 51.9 Å². The van der Waals surface area contributed by atoms with Crippen molar-refractivity contribution in [1.82, 2.24) is 4.98 Å². The fourth-order valence-corrected chi connectivity index (χ4v) is 2.16. The minimum absolute atomic E-state index is 0.644. The van der Waals surface area contributed by atoms with Crippen molar-refractivity contribution in [3.05, 3.63) is 24.0 Å². The van der Waals surface area contributed by atoms with Crippen LogP contribution in [0.1, 0.15) is 64.0 Å². The van der Waals surface area contributed by atoms with Crippen molar-refractivity contribution in [3.63, 3.8) is 0 Å². The molecule has 1 aromatic rings. The lowest BCUT2D eigenvalue weighted by atomic mass is 10.1. The van der Waals surface area contributed by atoms with E-state index in [2.05, 4.69) is 17.2 Å². The standard InChI is InChI=1S/C16H25F3N2/c1-2-3-4-5-6-7-8-9-12-20-14-10-11-15(21-13-14)16(17,18)19/h10-11,13,20H,2-9,12H2,1H3. The third-order valence-corrected chi connectivity index (χ3v) is 3.41. The van der Waals surface area contributed by atoms with Crippen molar-refractivity contribution >= 4 is 5.69 Å². The molecule has 0 fully saturated rings. The average Bonchev–Trinajstić information content (AvgIpc) is 2.45. The van der Waals surface area contributed by atoms with Gasteiger partial charge in [-0.2, -0.15) is 13.2 Å². The van der Waals surface area contributed by atoms with Crippen LogP contribution >= 0.6 is 0 Å². The quantitative estimate of drug-likeness (QED) is 0.565. The molecular weight excluding hydrogens is 277 g/mol. The lowest BCUT2D eigenvalue weighted by Crippen LogP contribution is -2.08. The molecule has 0 spiro atoms. The van der Waals surface area contributed by atoms with Crippen LogP contribution in [0.25, 0.3) is 0 Å². The summed E-state index contributed by atoms with van der Waals surface area (Å²) in [4.78, 5) is 3.42. The third-order valence-electron chi connectivity index (χ3n) is 3.41. The molecule has 0 atom stereocenters. The van der Waals surface area contributed by atoms with Crippen molar-refractivity contribution in [1.29, 1.82) is 0 Å². The van der Waals surface area contributed by atoms with Crippen LogP contribution in [-0.2, 0) is 6.18 Å². The largest absolute Gasteiger partial charge is 0.433 e. The zero-order valence-corrected chi connectivity index (χ0v) is 12.7. The van der Waals surface area contributed by atoms with Crippen molar-refractivity contribution in [2.45, 2.75) is 64.5 Å². The van der Waals surface area contributed by atoms with Crippen LogP contribution < -0.4 is 5.32 Å². The van der Waals surface area contributed by atoms with E-state index in [0.29, 0.717) is 5.69 Å². The van der Waals surface area contributed by atoms with E-state index in [1.165, 1.54) is 50.8 Å². The Labute approximate surface area is 125 Å². The summed E-state index contributed by atoms with van der Waals surface area (Å²) in [5, 5.41) is 3.10.